The van der Waals surface area contributed by atoms with Crippen LogP contribution in [0.4, 0.5) is 22.0 Å². The first-order valence-electron chi connectivity index (χ1n) is 11.2. The maximum absolute atomic E-state index is 14.9. The zero-order valence-corrected chi connectivity index (χ0v) is 18.6. The fourth-order valence-corrected chi connectivity index (χ4v) is 4.50. The summed E-state index contributed by atoms with van der Waals surface area (Å²) in [5, 5.41) is 0.130. The number of allylic oxidation sites excluding steroid dienone is 2. The summed E-state index contributed by atoms with van der Waals surface area (Å²) >= 11 is 0. The summed E-state index contributed by atoms with van der Waals surface area (Å²) < 4.78 is 68.7. The van der Waals surface area contributed by atoms with Crippen LogP contribution < -0.4 is 0 Å². The van der Waals surface area contributed by atoms with Crippen LogP contribution in [0.15, 0.2) is 60.7 Å². The zero-order chi connectivity index (χ0) is 24.2. The van der Waals surface area contributed by atoms with Crippen molar-refractivity contribution in [3.63, 3.8) is 0 Å². The molecule has 3 aromatic carbocycles. The number of benzene rings is 3. The molecule has 0 saturated heterocycles. The van der Waals surface area contributed by atoms with Crippen LogP contribution in [0.1, 0.15) is 43.7 Å². The Morgan fingerprint density at radius 1 is 0.912 bits per heavy atom. The van der Waals surface area contributed by atoms with Crippen molar-refractivity contribution in [3.05, 3.63) is 89.3 Å². The van der Waals surface area contributed by atoms with Crippen molar-refractivity contribution >= 4 is 16.8 Å². The SMILES string of the molecule is C/C=C/C1CCC(C#Cc2ccc(-c3ccc4c(F)c(C=C(F)F)c(F)cc4c3)c(F)c2)CC1. The largest absolute Gasteiger partial charge is 0.271 e. The van der Waals surface area contributed by atoms with Crippen molar-refractivity contribution in [2.75, 3.05) is 0 Å². The normalized spacial score (nSPS) is 18.1. The predicted octanol–water partition coefficient (Wildman–Crippen LogP) is 8.90. The Kier molecular flexibility index (Phi) is 7.17. The topological polar surface area (TPSA) is 0 Å². The molecule has 0 amide bonds. The summed E-state index contributed by atoms with van der Waals surface area (Å²) in [6, 6.07) is 9.90. The molecule has 0 heterocycles. The molecular weight excluding hydrogens is 443 g/mol. The fourth-order valence-electron chi connectivity index (χ4n) is 4.50. The third-order valence-corrected chi connectivity index (χ3v) is 6.25. The first-order chi connectivity index (χ1) is 16.4. The van der Waals surface area contributed by atoms with E-state index in [1.165, 1.54) is 24.3 Å². The van der Waals surface area contributed by atoms with Crippen LogP contribution in [0.25, 0.3) is 28.0 Å². The molecule has 1 saturated carbocycles. The summed E-state index contributed by atoms with van der Waals surface area (Å²) in [5.41, 5.74) is 0.452. The number of rotatable bonds is 3. The fraction of sp³-hybridized carbons (Fsp3) is 0.241. The molecule has 1 fully saturated rings. The van der Waals surface area contributed by atoms with Gasteiger partial charge in [0.1, 0.15) is 17.5 Å². The van der Waals surface area contributed by atoms with E-state index in [2.05, 4.69) is 24.0 Å². The highest BCUT2D eigenvalue weighted by atomic mass is 19.3. The minimum Gasteiger partial charge on any atom is -0.206 e. The van der Waals surface area contributed by atoms with Crippen LogP contribution in [-0.4, -0.2) is 0 Å². The molecule has 5 heteroatoms. The quantitative estimate of drug-likeness (QED) is 0.205. The van der Waals surface area contributed by atoms with Crippen LogP contribution in [0.5, 0.6) is 0 Å². The molecule has 0 atom stereocenters. The van der Waals surface area contributed by atoms with Gasteiger partial charge in [-0.3, -0.25) is 0 Å². The summed E-state index contributed by atoms with van der Waals surface area (Å²) in [6.07, 6.45) is 6.58. The van der Waals surface area contributed by atoms with Crippen molar-refractivity contribution in [2.24, 2.45) is 11.8 Å². The summed E-state index contributed by atoms with van der Waals surface area (Å²) in [4.78, 5) is 0. The average molecular weight is 466 g/mol. The Morgan fingerprint density at radius 3 is 2.35 bits per heavy atom. The number of hydrogen-bond donors (Lipinski definition) is 0. The van der Waals surface area contributed by atoms with Gasteiger partial charge in [-0.25, -0.2) is 13.2 Å². The molecule has 0 spiro atoms. The van der Waals surface area contributed by atoms with Crippen molar-refractivity contribution in [1.82, 2.24) is 0 Å². The van der Waals surface area contributed by atoms with Gasteiger partial charge in [-0.05, 0) is 73.7 Å². The van der Waals surface area contributed by atoms with Crippen LogP contribution in [0.3, 0.4) is 0 Å². The summed E-state index contributed by atoms with van der Waals surface area (Å²) in [7, 11) is 0. The lowest BCUT2D eigenvalue weighted by molar-refractivity contribution is 0.364. The number of fused-ring (bicyclic) bond motifs is 1. The van der Waals surface area contributed by atoms with E-state index >= 15 is 0 Å². The third-order valence-electron chi connectivity index (χ3n) is 6.25. The van der Waals surface area contributed by atoms with Gasteiger partial charge in [0, 0.05) is 28.5 Å². The highest BCUT2D eigenvalue weighted by Gasteiger charge is 2.18. The van der Waals surface area contributed by atoms with Crippen molar-refractivity contribution in [1.29, 1.82) is 0 Å². The Bertz CT molecular complexity index is 1330. The van der Waals surface area contributed by atoms with Crippen molar-refractivity contribution < 1.29 is 22.0 Å². The van der Waals surface area contributed by atoms with Gasteiger partial charge in [0.25, 0.3) is 6.08 Å². The molecule has 4 rings (SSSR count). The number of hydrogen-bond acceptors (Lipinski definition) is 0. The molecule has 34 heavy (non-hydrogen) atoms. The molecule has 0 bridgehead atoms. The average Bonchev–Trinajstić information content (AvgIpc) is 2.81. The van der Waals surface area contributed by atoms with Gasteiger partial charge in [0.2, 0.25) is 0 Å². The molecule has 0 N–H and O–H groups in total. The van der Waals surface area contributed by atoms with E-state index in [1.54, 1.807) is 12.1 Å². The molecule has 1 aliphatic rings. The minimum absolute atomic E-state index is 0.0234. The van der Waals surface area contributed by atoms with Gasteiger partial charge >= 0.3 is 0 Å². The van der Waals surface area contributed by atoms with Gasteiger partial charge in [-0.15, -0.1) is 0 Å². The lowest BCUT2D eigenvalue weighted by Gasteiger charge is -2.22. The van der Waals surface area contributed by atoms with Gasteiger partial charge in [0.05, 0.1) is 5.56 Å². The molecule has 3 aromatic rings. The van der Waals surface area contributed by atoms with E-state index < -0.39 is 29.1 Å². The highest BCUT2D eigenvalue weighted by molar-refractivity contribution is 5.90. The molecule has 174 valence electrons. The van der Waals surface area contributed by atoms with E-state index in [0.29, 0.717) is 23.0 Å². The molecule has 0 aromatic heterocycles. The molecule has 0 nitrogen and oxygen atoms in total. The van der Waals surface area contributed by atoms with Gasteiger partial charge < -0.3 is 0 Å². The second kappa shape index (κ2) is 10.3. The van der Waals surface area contributed by atoms with Crippen LogP contribution >= 0.6 is 0 Å². The Morgan fingerprint density at radius 2 is 1.68 bits per heavy atom. The predicted molar refractivity (Wildman–Crippen MR) is 127 cm³/mol. The zero-order valence-electron chi connectivity index (χ0n) is 18.6. The van der Waals surface area contributed by atoms with Gasteiger partial charge in [0.15, 0.2) is 0 Å². The minimum atomic E-state index is -2.19. The molecule has 0 radical (unpaired) electrons. The summed E-state index contributed by atoms with van der Waals surface area (Å²) in [5.74, 6) is 4.57. The van der Waals surface area contributed by atoms with Crippen LogP contribution in [-0.2, 0) is 0 Å². The summed E-state index contributed by atoms with van der Waals surface area (Å²) in [6.45, 7) is 2.03. The molecule has 0 aliphatic heterocycles. The highest BCUT2D eigenvalue weighted by Crippen LogP contribution is 2.32. The second-order valence-electron chi connectivity index (χ2n) is 8.56. The molecule has 1 aliphatic carbocycles. The molecule has 0 unspecified atom stereocenters. The number of halogens is 5. The Balaban J connectivity index is 1.57. The smallest absolute Gasteiger partial charge is 0.206 e. The van der Waals surface area contributed by atoms with E-state index in [-0.39, 0.29) is 22.4 Å². The molecular formula is C29H23F5. The van der Waals surface area contributed by atoms with E-state index in [1.807, 2.05) is 6.92 Å². The van der Waals surface area contributed by atoms with E-state index in [4.69, 9.17) is 0 Å². The Hall–Kier alpha value is -3.39. The lowest BCUT2D eigenvalue weighted by atomic mass is 9.82. The standard InChI is InChI=1S/C29H23F5/c1-2-3-18-4-6-19(7-5-18)8-9-20-10-12-23(26(30)14-20)21-11-13-24-22(15-21)16-27(31)25(29(24)34)17-28(32)33/h2-3,10-19H,4-7H2,1H3/b3-2+. The first-order valence-corrected chi connectivity index (χ1v) is 11.2. The van der Waals surface area contributed by atoms with E-state index in [9.17, 15) is 22.0 Å². The second-order valence-corrected chi connectivity index (χ2v) is 8.56. The Labute approximate surface area is 195 Å². The first kappa shape index (κ1) is 23.8. The van der Waals surface area contributed by atoms with Crippen LogP contribution in [0.2, 0.25) is 0 Å². The van der Waals surface area contributed by atoms with Gasteiger partial charge in [-0.1, -0.05) is 42.2 Å². The maximum Gasteiger partial charge on any atom is 0.271 e. The van der Waals surface area contributed by atoms with E-state index in [0.717, 1.165) is 31.7 Å². The third kappa shape index (κ3) is 5.22. The monoisotopic (exact) mass is 466 g/mol. The van der Waals surface area contributed by atoms with Crippen LogP contribution in [0, 0.1) is 41.1 Å². The van der Waals surface area contributed by atoms with Gasteiger partial charge in [-0.2, -0.15) is 8.78 Å². The maximum atomic E-state index is 14.9. The van der Waals surface area contributed by atoms with Crippen molar-refractivity contribution in [2.45, 2.75) is 32.6 Å². The lowest BCUT2D eigenvalue weighted by Crippen LogP contribution is -2.11. The van der Waals surface area contributed by atoms with Crippen molar-refractivity contribution in [3.8, 4) is 23.0 Å².